The van der Waals surface area contributed by atoms with Crippen LogP contribution in [0.15, 0.2) is 36.5 Å². The van der Waals surface area contributed by atoms with Gasteiger partial charge in [-0.2, -0.15) is 0 Å². The predicted molar refractivity (Wildman–Crippen MR) is 87.2 cm³/mol. The molecule has 0 aliphatic carbocycles. The van der Waals surface area contributed by atoms with Crippen molar-refractivity contribution in [2.45, 2.75) is 12.5 Å². The van der Waals surface area contributed by atoms with Gasteiger partial charge in [-0.3, -0.25) is 0 Å². The largest absolute Gasteiger partial charge is 0.436 e. The maximum atomic E-state index is 13.7. The fourth-order valence-electron chi connectivity index (χ4n) is 1.97. The van der Waals surface area contributed by atoms with Crippen molar-refractivity contribution in [3.63, 3.8) is 0 Å². The standard InChI is InChI=1S/C15H14ClFN6O2/c16-9-5-13(17)15(19-7-9)25-12-3-1-11(2-4-12)23-21-14(20-22-23)6-10(18)8-24/h1-5,7,10,24H,6,8,18H2/t10-/m1/s1. The van der Waals surface area contributed by atoms with Gasteiger partial charge in [0.25, 0.3) is 5.88 Å². The molecule has 0 amide bonds. The van der Waals surface area contributed by atoms with E-state index in [0.717, 1.165) is 6.07 Å². The highest BCUT2D eigenvalue weighted by Gasteiger charge is 2.10. The molecule has 0 aliphatic heterocycles. The Morgan fingerprint density at radius 1 is 1.32 bits per heavy atom. The lowest BCUT2D eigenvalue weighted by Crippen LogP contribution is -2.27. The Hall–Kier alpha value is -2.62. The van der Waals surface area contributed by atoms with Gasteiger partial charge in [0.05, 0.1) is 17.3 Å². The minimum atomic E-state index is -0.653. The summed E-state index contributed by atoms with van der Waals surface area (Å²) < 4.78 is 19.1. The number of pyridine rings is 1. The molecule has 25 heavy (non-hydrogen) atoms. The molecule has 1 atom stereocenters. The summed E-state index contributed by atoms with van der Waals surface area (Å²) in [5.41, 5.74) is 6.27. The molecule has 0 spiro atoms. The van der Waals surface area contributed by atoms with Gasteiger partial charge in [0.1, 0.15) is 5.75 Å². The van der Waals surface area contributed by atoms with Crippen molar-refractivity contribution in [2.24, 2.45) is 5.73 Å². The van der Waals surface area contributed by atoms with Crippen LogP contribution in [0, 0.1) is 5.82 Å². The smallest absolute Gasteiger partial charge is 0.255 e. The molecule has 2 heterocycles. The summed E-state index contributed by atoms with van der Waals surface area (Å²) in [4.78, 5) is 5.12. The molecule has 130 valence electrons. The first-order chi connectivity index (χ1) is 12.0. The van der Waals surface area contributed by atoms with E-state index in [9.17, 15) is 4.39 Å². The summed E-state index contributed by atoms with van der Waals surface area (Å²) in [6.07, 6.45) is 1.62. The van der Waals surface area contributed by atoms with Gasteiger partial charge in [0.2, 0.25) is 0 Å². The van der Waals surface area contributed by atoms with Gasteiger partial charge in [-0.05, 0) is 35.5 Å². The van der Waals surface area contributed by atoms with Crippen molar-refractivity contribution in [2.75, 3.05) is 6.61 Å². The number of aliphatic hydroxyl groups is 1. The lowest BCUT2D eigenvalue weighted by molar-refractivity contribution is 0.264. The van der Waals surface area contributed by atoms with Crippen molar-refractivity contribution < 1.29 is 14.2 Å². The van der Waals surface area contributed by atoms with Crippen LogP contribution in [-0.4, -0.2) is 42.9 Å². The fraction of sp³-hybridized carbons (Fsp3) is 0.200. The van der Waals surface area contributed by atoms with E-state index in [-0.39, 0.29) is 17.5 Å². The zero-order valence-corrected chi connectivity index (χ0v) is 13.6. The highest BCUT2D eigenvalue weighted by molar-refractivity contribution is 6.30. The summed E-state index contributed by atoms with van der Waals surface area (Å²) in [5.74, 6) is -0.00915. The van der Waals surface area contributed by atoms with Gasteiger partial charge in [0.15, 0.2) is 11.6 Å². The lowest BCUT2D eigenvalue weighted by Gasteiger charge is -2.06. The number of aromatic nitrogens is 5. The highest BCUT2D eigenvalue weighted by Crippen LogP contribution is 2.24. The van der Waals surface area contributed by atoms with Crippen LogP contribution in [-0.2, 0) is 6.42 Å². The molecule has 3 rings (SSSR count). The van der Waals surface area contributed by atoms with Crippen molar-refractivity contribution >= 4 is 11.6 Å². The second-order valence-corrected chi connectivity index (χ2v) is 5.61. The fourth-order valence-corrected chi connectivity index (χ4v) is 2.11. The Kier molecular flexibility index (Phi) is 5.17. The number of rotatable bonds is 6. The molecule has 0 radical (unpaired) electrons. The average Bonchev–Trinajstić information content (AvgIpc) is 3.06. The molecule has 0 saturated carbocycles. The summed E-state index contributed by atoms with van der Waals surface area (Å²) >= 11 is 5.65. The second kappa shape index (κ2) is 7.51. The van der Waals surface area contributed by atoms with Crippen LogP contribution >= 0.6 is 11.6 Å². The van der Waals surface area contributed by atoms with Crippen molar-refractivity contribution in [3.05, 3.63) is 53.2 Å². The van der Waals surface area contributed by atoms with Crippen molar-refractivity contribution in [1.29, 1.82) is 0 Å². The van der Waals surface area contributed by atoms with Gasteiger partial charge in [-0.25, -0.2) is 9.37 Å². The number of hydrogen-bond acceptors (Lipinski definition) is 7. The molecule has 3 aromatic rings. The molecular weight excluding hydrogens is 351 g/mol. The Morgan fingerprint density at radius 2 is 2.08 bits per heavy atom. The van der Waals surface area contributed by atoms with Gasteiger partial charge < -0.3 is 15.6 Å². The number of hydrogen-bond donors (Lipinski definition) is 2. The van der Waals surface area contributed by atoms with Crippen molar-refractivity contribution in [3.8, 4) is 17.3 Å². The van der Waals surface area contributed by atoms with Crippen LogP contribution in [0.3, 0.4) is 0 Å². The van der Waals surface area contributed by atoms with Gasteiger partial charge in [0, 0.05) is 18.7 Å². The summed E-state index contributed by atoms with van der Waals surface area (Å²) in [7, 11) is 0. The lowest BCUT2D eigenvalue weighted by atomic mass is 10.2. The predicted octanol–water partition coefficient (Wildman–Crippen LogP) is 1.50. The first-order valence-electron chi connectivity index (χ1n) is 7.30. The minimum Gasteiger partial charge on any atom is -0.436 e. The quantitative estimate of drug-likeness (QED) is 0.681. The van der Waals surface area contributed by atoms with Gasteiger partial charge >= 0.3 is 0 Å². The maximum Gasteiger partial charge on any atom is 0.255 e. The van der Waals surface area contributed by atoms with E-state index in [1.54, 1.807) is 24.3 Å². The molecule has 3 N–H and O–H groups in total. The molecule has 0 fully saturated rings. The highest BCUT2D eigenvalue weighted by atomic mass is 35.5. The molecule has 0 aliphatic rings. The Bertz CT molecular complexity index is 857. The Morgan fingerprint density at radius 3 is 2.76 bits per heavy atom. The number of benzene rings is 1. The molecule has 0 unspecified atom stereocenters. The SMILES string of the molecule is N[C@@H](CO)Cc1nnn(-c2ccc(Oc3ncc(Cl)cc3F)cc2)n1. The van der Waals surface area contributed by atoms with Crippen LogP contribution in [0.5, 0.6) is 11.6 Å². The zero-order chi connectivity index (χ0) is 17.8. The number of ether oxygens (including phenoxy) is 1. The third-order valence-corrected chi connectivity index (χ3v) is 3.40. The Labute approximate surface area is 147 Å². The summed E-state index contributed by atoms with van der Waals surface area (Å²) in [5, 5.41) is 21.1. The number of halogens is 2. The van der Waals surface area contributed by atoms with Crippen molar-refractivity contribution in [1.82, 2.24) is 25.2 Å². The number of nitrogens with two attached hydrogens (primary N) is 1. The molecule has 0 saturated heterocycles. The molecule has 10 heteroatoms. The molecule has 2 aromatic heterocycles. The van der Waals surface area contributed by atoms with E-state index in [1.807, 2.05) is 0 Å². The monoisotopic (exact) mass is 364 g/mol. The number of aliphatic hydroxyl groups excluding tert-OH is 1. The van der Waals surface area contributed by atoms with Crippen LogP contribution in [0.1, 0.15) is 5.82 Å². The van der Waals surface area contributed by atoms with Crippen LogP contribution in [0.2, 0.25) is 5.02 Å². The number of nitrogens with zero attached hydrogens (tertiary/aromatic N) is 5. The van der Waals surface area contributed by atoms with Crippen LogP contribution in [0.25, 0.3) is 5.69 Å². The maximum absolute atomic E-state index is 13.7. The molecule has 1 aromatic carbocycles. The molecule has 0 bridgehead atoms. The zero-order valence-electron chi connectivity index (χ0n) is 12.9. The summed E-state index contributed by atoms with van der Waals surface area (Å²) in [6, 6.07) is 7.29. The first kappa shape index (κ1) is 17.2. The van der Waals surface area contributed by atoms with Crippen LogP contribution < -0.4 is 10.5 Å². The first-order valence-corrected chi connectivity index (χ1v) is 7.67. The molecular formula is C15H14ClFN6O2. The Balaban J connectivity index is 1.72. The summed E-state index contributed by atoms with van der Waals surface area (Å²) in [6.45, 7) is -0.157. The third-order valence-electron chi connectivity index (χ3n) is 3.19. The average molecular weight is 365 g/mol. The van der Waals surface area contributed by atoms with Gasteiger partial charge in [-0.15, -0.1) is 15.0 Å². The van der Waals surface area contributed by atoms with E-state index >= 15 is 0 Å². The van der Waals surface area contributed by atoms with E-state index < -0.39 is 11.9 Å². The van der Waals surface area contributed by atoms with E-state index in [0.29, 0.717) is 23.7 Å². The minimum absolute atomic E-state index is 0.157. The topological polar surface area (TPSA) is 112 Å². The van der Waals surface area contributed by atoms with E-state index in [1.165, 1.54) is 11.0 Å². The normalized spacial score (nSPS) is 12.2. The van der Waals surface area contributed by atoms with Crippen LogP contribution in [0.4, 0.5) is 4.39 Å². The van der Waals surface area contributed by atoms with E-state index in [4.69, 9.17) is 27.2 Å². The van der Waals surface area contributed by atoms with E-state index in [2.05, 4.69) is 20.4 Å². The second-order valence-electron chi connectivity index (χ2n) is 5.18. The number of tetrazole rings is 1. The molecule has 8 nitrogen and oxygen atoms in total. The van der Waals surface area contributed by atoms with Gasteiger partial charge in [-0.1, -0.05) is 11.6 Å². The third kappa shape index (κ3) is 4.27.